The molecule has 4 heteroatoms. The third-order valence-electron chi connectivity index (χ3n) is 3.08. The van der Waals surface area contributed by atoms with Gasteiger partial charge in [0, 0.05) is 19.5 Å². The Kier molecular flexibility index (Phi) is 12.4. The van der Waals surface area contributed by atoms with Gasteiger partial charge in [0.1, 0.15) is 0 Å². The van der Waals surface area contributed by atoms with Crippen LogP contribution in [0.3, 0.4) is 0 Å². The summed E-state index contributed by atoms with van der Waals surface area (Å²) in [5.74, 6) is 1.14. The smallest absolute Gasteiger partial charge is 0.156 e. The first-order chi connectivity index (χ1) is 8.65. The van der Waals surface area contributed by atoms with Crippen LogP contribution in [-0.4, -0.2) is 42.7 Å². The Labute approximate surface area is 117 Å². The van der Waals surface area contributed by atoms with Gasteiger partial charge in [0.2, 0.25) is 0 Å². The van der Waals surface area contributed by atoms with Crippen LogP contribution in [-0.2, 0) is 9.47 Å². The zero-order valence-corrected chi connectivity index (χ0v) is 13.2. The number of aliphatic hydroxyl groups is 1. The normalized spacial score (nSPS) is 15.0. The SMILES string of the molecule is CCCCCCS[C@@H](CCC(OC)OC)[C@@H](C)O. The Hall–Kier alpha value is 0.230. The second-order valence-corrected chi connectivity index (χ2v) is 6.04. The first-order valence-corrected chi connectivity index (χ1v) is 8.05. The standard InChI is InChI=1S/C14H30O3S/c1-5-6-7-8-11-18-13(12(2)15)9-10-14(16-3)17-4/h12-15H,5-11H2,1-4H3/t12-,13+/m1/s1. The van der Waals surface area contributed by atoms with Crippen molar-refractivity contribution in [1.82, 2.24) is 0 Å². The van der Waals surface area contributed by atoms with Gasteiger partial charge in [-0.1, -0.05) is 26.2 Å². The summed E-state index contributed by atoms with van der Waals surface area (Å²) in [6.45, 7) is 4.10. The summed E-state index contributed by atoms with van der Waals surface area (Å²) in [6, 6.07) is 0. The topological polar surface area (TPSA) is 38.7 Å². The average molecular weight is 278 g/mol. The molecule has 0 aliphatic rings. The predicted molar refractivity (Wildman–Crippen MR) is 79.1 cm³/mol. The molecular formula is C14H30O3S. The van der Waals surface area contributed by atoms with E-state index in [-0.39, 0.29) is 12.4 Å². The molecule has 3 nitrogen and oxygen atoms in total. The number of hydrogen-bond donors (Lipinski definition) is 1. The zero-order valence-electron chi connectivity index (χ0n) is 12.4. The largest absolute Gasteiger partial charge is 0.392 e. The molecule has 0 spiro atoms. The molecule has 0 saturated carbocycles. The van der Waals surface area contributed by atoms with E-state index in [1.807, 2.05) is 18.7 Å². The van der Waals surface area contributed by atoms with E-state index in [0.29, 0.717) is 5.25 Å². The highest BCUT2D eigenvalue weighted by Gasteiger charge is 2.17. The monoisotopic (exact) mass is 278 g/mol. The maximum Gasteiger partial charge on any atom is 0.156 e. The third kappa shape index (κ3) is 9.20. The van der Waals surface area contributed by atoms with Crippen LogP contribution in [0.5, 0.6) is 0 Å². The minimum absolute atomic E-state index is 0.146. The van der Waals surface area contributed by atoms with E-state index >= 15 is 0 Å². The highest BCUT2D eigenvalue weighted by Crippen LogP contribution is 2.23. The minimum Gasteiger partial charge on any atom is -0.392 e. The fourth-order valence-electron chi connectivity index (χ4n) is 1.86. The van der Waals surface area contributed by atoms with Crippen molar-refractivity contribution in [3.05, 3.63) is 0 Å². The van der Waals surface area contributed by atoms with Crippen LogP contribution in [0, 0.1) is 0 Å². The zero-order chi connectivity index (χ0) is 13.8. The van der Waals surface area contributed by atoms with Gasteiger partial charge in [-0.3, -0.25) is 0 Å². The van der Waals surface area contributed by atoms with Crippen LogP contribution in [0.25, 0.3) is 0 Å². The van der Waals surface area contributed by atoms with Crippen molar-refractivity contribution in [2.24, 2.45) is 0 Å². The van der Waals surface area contributed by atoms with Crippen LogP contribution >= 0.6 is 11.8 Å². The molecule has 0 aliphatic heterocycles. The molecule has 0 aromatic carbocycles. The molecule has 0 rings (SSSR count). The number of hydrogen-bond acceptors (Lipinski definition) is 4. The lowest BCUT2D eigenvalue weighted by Gasteiger charge is -2.21. The molecule has 0 heterocycles. The van der Waals surface area contributed by atoms with Crippen molar-refractivity contribution >= 4 is 11.8 Å². The number of unbranched alkanes of at least 4 members (excludes halogenated alkanes) is 3. The third-order valence-corrected chi connectivity index (χ3v) is 4.66. The second kappa shape index (κ2) is 12.3. The van der Waals surface area contributed by atoms with Crippen molar-refractivity contribution in [2.75, 3.05) is 20.0 Å². The van der Waals surface area contributed by atoms with Crippen molar-refractivity contribution in [3.8, 4) is 0 Å². The number of methoxy groups -OCH3 is 2. The summed E-state index contributed by atoms with van der Waals surface area (Å²) in [7, 11) is 3.31. The quantitative estimate of drug-likeness (QED) is 0.438. The molecule has 110 valence electrons. The lowest BCUT2D eigenvalue weighted by molar-refractivity contribution is -0.107. The van der Waals surface area contributed by atoms with E-state index < -0.39 is 0 Å². The Morgan fingerprint density at radius 3 is 2.22 bits per heavy atom. The summed E-state index contributed by atoms with van der Waals surface area (Å²) >= 11 is 1.88. The minimum atomic E-state index is -0.268. The van der Waals surface area contributed by atoms with E-state index in [1.54, 1.807) is 14.2 Å². The van der Waals surface area contributed by atoms with Crippen LogP contribution in [0.1, 0.15) is 52.4 Å². The lowest BCUT2D eigenvalue weighted by atomic mass is 10.1. The van der Waals surface area contributed by atoms with Gasteiger partial charge in [-0.2, -0.15) is 11.8 Å². The Morgan fingerprint density at radius 1 is 1.06 bits per heavy atom. The molecule has 0 aromatic heterocycles. The molecule has 0 saturated heterocycles. The Balaban J connectivity index is 3.78. The van der Waals surface area contributed by atoms with Gasteiger partial charge < -0.3 is 14.6 Å². The number of aliphatic hydroxyl groups excluding tert-OH is 1. The van der Waals surface area contributed by atoms with E-state index in [4.69, 9.17) is 9.47 Å². The predicted octanol–water partition coefficient (Wildman–Crippen LogP) is 3.45. The van der Waals surface area contributed by atoms with Crippen LogP contribution < -0.4 is 0 Å². The molecule has 0 aliphatic carbocycles. The van der Waals surface area contributed by atoms with Gasteiger partial charge in [-0.05, 0) is 31.9 Å². The molecule has 0 amide bonds. The maximum absolute atomic E-state index is 9.77. The van der Waals surface area contributed by atoms with Gasteiger partial charge in [0.05, 0.1) is 6.10 Å². The second-order valence-electron chi connectivity index (χ2n) is 4.69. The lowest BCUT2D eigenvalue weighted by Crippen LogP contribution is -2.23. The summed E-state index contributed by atoms with van der Waals surface area (Å²) in [4.78, 5) is 0. The van der Waals surface area contributed by atoms with Crippen LogP contribution in [0.15, 0.2) is 0 Å². The van der Waals surface area contributed by atoms with E-state index in [0.717, 1.165) is 18.6 Å². The highest BCUT2D eigenvalue weighted by molar-refractivity contribution is 7.99. The number of thioether (sulfide) groups is 1. The summed E-state index contributed by atoms with van der Waals surface area (Å²) < 4.78 is 10.3. The van der Waals surface area contributed by atoms with Crippen molar-refractivity contribution in [3.63, 3.8) is 0 Å². The van der Waals surface area contributed by atoms with Crippen LogP contribution in [0.2, 0.25) is 0 Å². The van der Waals surface area contributed by atoms with Crippen molar-refractivity contribution < 1.29 is 14.6 Å². The van der Waals surface area contributed by atoms with Gasteiger partial charge in [-0.25, -0.2) is 0 Å². The van der Waals surface area contributed by atoms with E-state index in [9.17, 15) is 5.11 Å². The van der Waals surface area contributed by atoms with Gasteiger partial charge in [0.25, 0.3) is 0 Å². The first-order valence-electron chi connectivity index (χ1n) is 7.00. The summed E-state index contributed by atoms with van der Waals surface area (Å²) in [5, 5.41) is 10.1. The summed E-state index contributed by atoms with van der Waals surface area (Å²) in [6.07, 6.45) is 6.49. The molecule has 0 fully saturated rings. The van der Waals surface area contributed by atoms with Gasteiger partial charge in [0.15, 0.2) is 6.29 Å². The Morgan fingerprint density at radius 2 is 1.72 bits per heavy atom. The molecule has 0 radical (unpaired) electrons. The molecule has 1 N–H and O–H groups in total. The molecule has 0 unspecified atom stereocenters. The van der Waals surface area contributed by atoms with E-state index in [2.05, 4.69) is 6.92 Å². The molecular weight excluding hydrogens is 248 g/mol. The molecule has 2 atom stereocenters. The van der Waals surface area contributed by atoms with Crippen molar-refractivity contribution in [2.45, 2.75) is 70.0 Å². The van der Waals surface area contributed by atoms with Crippen molar-refractivity contribution in [1.29, 1.82) is 0 Å². The first kappa shape index (κ1) is 18.2. The molecule has 18 heavy (non-hydrogen) atoms. The van der Waals surface area contributed by atoms with Gasteiger partial charge in [-0.15, -0.1) is 0 Å². The van der Waals surface area contributed by atoms with Gasteiger partial charge >= 0.3 is 0 Å². The van der Waals surface area contributed by atoms with E-state index in [1.165, 1.54) is 25.7 Å². The average Bonchev–Trinajstić information content (AvgIpc) is 2.36. The maximum atomic E-state index is 9.77. The summed E-state index contributed by atoms with van der Waals surface area (Å²) in [5.41, 5.74) is 0. The van der Waals surface area contributed by atoms with Crippen LogP contribution in [0.4, 0.5) is 0 Å². The fourth-order valence-corrected chi connectivity index (χ4v) is 3.11. The Bertz CT molecular complexity index is 172. The molecule has 0 aromatic rings. The number of ether oxygens (including phenoxy) is 2. The molecule has 0 bridgehead atoms. The highest BCUT2D eigenvalue weighted by atomic mass is 32.2. The fraction of sp³-hybridized carbons (Fsp3) is 1.00. The number of rotatable bonds is 12.